The third-order valence-electron chi connectivity index (χ3n) is 2.17. The summed E-state index contributed by atoms with van der Waals surface area (Å²) in [6.07, 6.45) is 0. The van der Waals surface area contributed by atoms with Crippen LogP contribution in [0.2, 0.25) is 0 Å². The lowest BCUT2D eigenvalue weighted by Crippen LogP contribution is -2.21. The summed E-state index contributed by atoms with van der Waals surface area (Å²) in [6, 6.07) is 5.23. The zero-order valence-electron chi connectivity index (χ0n) is 8.63. The highest BCUT2D eigenvalue weighted by Crippen LogP contribution is 2.10. The van der Waals surface area contributed by atoms with Crippen LogP contribution >= 0.6 is 0 Å². The maximum absolute atomic E-state index is 13.1. The normalized spacial score (nSPS) is 10.9. The molecule has 0 amide bonds. The highest BCUT2D eigenvalue weighted by Gasteiger charge is 2.02. The Morgan fingerprint density at radius 1 is 1.43 bits per heavy atom. The third kappa shape index (κ3) is 3.09. The first-order valence-electron chi connectivity index (χ1n) is 4.68. The standard InChI is InChI=1S/C11H16FNO/c1-9-3-4-10(7-11(9)12)8-13(2)5-6-14/h3-4,7,14H,5-6,8H2,1-2H3. The largest absolute Gasteiger partial charge is 0.395 e. The predicted octanol–water partition coefficient (Wildman–Crippen LogP) is 1.56. The van der Waals surface area contributed by atoms with E-state index in [9.17, 15) is 4.39 Å². The summed E-state index contributed by atoms with van der Waals surface area (Å²) in [5, 5.41) is 8.70. The molecule has 0 fully saturated rings. The van der Waals surface area contributed by atoms with Crippen molar-refractivity contribution in [1.82, 2.24) is 4.90 Å². The third-order valence-corrected chi connectivity index (χ3v) is 2.17. The lowest BCUT2D eigenvalue weighted by molar-refractivity contribution is 0.217. The Balaban J connectivity index is 2.63. The molecule has 0 spiro atoms. The number of hydrogen-bond acceptors (Lipinski definition) is 2. The van der Waals surface area contributed by atoms with E-state index in [4.69, 9.17) is 5.11 Å². The van der Waals surface area contributed by atoms with E-state index < -0.39 is 0 Å². The van der Waals surface area contributed by atoms with E-state index in [-0.39, 0.29) is 12.4 Å². The maximum Gasteiger partial charge on any atom is 0.126 e. The Morgan fingerprint density at radius 2 is 2.14 bits per heavy atom. The summed E-state index contributed by atoms with van der Waals surface area (Å²) < 4.78 is 13.1. The molecule has 1 rings (SSSR count). The first-order chi connectivity index (χ1) is 6.63. The number of halogens is 1. The van der Waals surface area contributed by atoms with Crippen molar-refractivity contribution >= 4 is 0 Å². The van der Waals surface area contributed by atoms with Crippen molar-refractivity contribution in [3.05, 3.63) is 35.1 Å². The Morgan fingerprint density at radius 3 is 2.71 bits per heavy atom. The average molecular weight is 197 g/mol. The van der Waals surface area contributed by atoms with Gasteiger partial charge in [0.05, 0.1) is 6.61 Å². The summed E-state index contributed by atoms with van der Waals surface area (Å²) in [7, 11) is 1.90. The van der Waals surface area contributed by atoms with Crippen LogP contribution in [0.5, 0.6) is 0 Å². The molecular weight excluding hydrogens is 181 g/mol. The highest BCUT2D eigenvalue weighted by atomic mass is 19.1. The first kappa shape index (κ1) is 11.1. The number of hydrogen-bond donors (Lipinski definition) is 1. The quantitative estimate of drug-likeness (QED) is 0.791. The molecule has 1 aromatic carbocycles. The van der Waals surface area contributed by atoms with Crippen LogP contribution in [0.1, 0.15) is 11.1 Å². The van der Waals surface area contributed by atoms with Crippen molar-refractivity contribution in [1.29, 1.82) is 0 Å². The molecule has 1 N–H and O–H groups in total. The molecule has 2 nitrogen and oxygen atoms in total. The van der Waals surface area contributed by atoms with E-state index in [0.717, 1.165) is 5.56 Å². The molecule has 0 saturated heterocycles. The van der Waals surface area contributed by atoms with Gasteiger partial charge in [0.15, 0.2) is 0 Å². The van der Waals surface area contributed by atoms with E-state index in [1.165, 1.54) is 0 Å². The molecule has 3 heteroatoms. The summed E-state index contributed by atoms with van der Waals surface area (Å²) in [5.74, 6) is -0.167. The van der Waals surface area contributed by atoms with E-state index >= 15 is 0 Å². The summed E-state index contributed by atoms with van der Waals surface area (Å²) >= 11 is 0. The van der Waals surface area contributed by atoms with E-state index in [1.807, 2.05) is 18.0 Å². The topological polar surface area (TPSA) is 23.5 Å². The zero-order valence-corrected chi connectivity index (χ0v) is 8.63. The molecular formula is C11H16FNO. The average Bonchev–Trinajstić information content (AvgIpc) is 2.12. The molecule has 1 aromatic rings. The van der Waals surface area contributed by atoms with Crippen LogP contribution in [-0.4, -0.2) is 30.2 Å². The van der Waals surface area contributed by atoms with Crippen molar-refractivity contribution < 1.29 is 9.50 Å². The molecule has 78 valence electrons. The number of aryl methyl sites for hydroxylation is 1. The first-order valence-corrected chi connectivity index (χ1v) is 4.68. The van der Waals surface area contributed by atoms with Crippen molar-refractivity contribution in [2.45, 2.75) is 13.5 Å². The van der Waals surface area contributed by atoms with Gasteiger partial charge in [0.2, 0.25) is 0 Å². The van der Waals surface area contributed by atoms with Gasteiger partial charge >= 0.3 is 0 Å². The number of likely N-dealkylation sites (N-methyl/N-ethyl adjacent to an activating group) is 1. The van der Waals surface area contributed by atoms with E-state index in [1.54, 1.807) is 19.1 Å². The lowest BCUT2D eigenvalue weighted by atomic mass is 10.1. The smallest absolute Gasteiger partial charge is 0.126 e. The minimum Gasteiger partial charge on any atom is -0.395 e. The summed E-state index contributed by atoms with van der Waals surface area (Å²) in [6.45, 7) is 3.15. The van der Waals surface area contributed by atoms with Gasteiger partial charge in [0, 0.05) is 13.1 Å². The fraction of sp³-hybridized carbons (Fsp3) is 0.455. The monoisotopic (exact) mass is 197 g/mol. The van der Waals surface area contributed by atoms with Gasteiger partial charge in [-0.3, -0.25) is 4.90 Å². The Kier molecular flexibility index (Phi) is 4.04. The summed E-state index contributed by atoms with van der Waals surface area (Å²) in [5.41, 5.74) is 1.60. The van der Waals surface area contributed by atoms with Gasteiger partial charge in [-0.25, -0.2) is 4.39 Å². The Labute approximate surface area is 84.0 Å². The second-order valence-corrected chi connectivity index (χ2v) is 3.54. The zero-order chi connectivity index (χ0) is 10.6. The fourth-order valence-electron chi connectivity index (χ4n) is 1.30. The maximum atomic E-state index is 13.1. The van der Waals surface area contributed by atoms with E-state index in [2.05, 4.69) is 0 Å². The van der Waals surface area contributed by atoms with Gasteiger partial charge < -0.3 is 5.11 Å². The second kappa shape index (κ2) is 5.08. The Bertz CT molecular complexity index is 301. The van der Waals surface area contributed by atoms with Crippen LogP contribution in [0.15, 0.2) is 18.2 Å². The van der Waals surface area contributed by atoms with Gasteiger partial charge in [0.25, 0.3) is 0 Å². The molecule has 0 unspecified atom stereocenters. The van der Waals surface area contributed by atoms with Crippen LogP contribution in [0, 0.1) is 12.7 Å². The number of nitrogens with zero attached hydrogens (tertiary/aromatic N) is 1. The van der Waals surface area contributed by atoms with Gasteiger partial charge in [-0.05, 0) is 31.2 Å². The molecule has 0 aromatic heterocycles. The molecule has 0 heterocycles. The van der Waals surface area contributed by atoms with E-state index in [0.29, 0.717) is 18.7 Å². The van der Waals surface area contributed by atoms with Gasteiger partial charge in [-0.1, -0.05) is 12.1 Å². The number of aliphatic hydroxyl groups excluding tert-OH is 1. The molecule has 0 aliphatic heterocycles. The number of rotatable bonds is 4. The Hall–Kier alpha value is -0.930. The molecule has 0 atom stereocenters. The molecule has 0 aliphatic rings. The lowest BCUT2D eigenvalue weighted by Gasteiger charge is -2.15. The number of benzene rings is 1. The fourth-order valence-corrected chi connectivity index (χ4v) is 1.30. The predicted molar refractivity (Wildman–Crippen MR) is 54.6 cm³/mol. The second-order valence-electron chi connectivity index (χ2n) is 3.54. The highest BCUT2D eigenvalue weighted by molar-refractivity contribution is 5.23. The molecule has 0 saturated carbocycles. The van der Waals surface area contributed by atoms with Gasteiger partial charge in [0.1, 0.15) is 5.82 Å². The van der Waals surface area contributed by atoms with Crippen molar-refractivity contribution in [3.63, 3.8) is 0 Å². The SMILES string of the molecule is Cc1ccc(CN(C)CCO)cc1F. The van der Waals surface area contributed by atoms with Crippen LogP contribution in [-0.2, 0) is 6.54 Å². The van der Waals surface area contributed by atoms with Crippen LogP contribution in [0.3, 0.4) is 0 Å². The van der Waals surface area contributed by atoms with Gasteiger partial charge in [-0.15, -0.1) is 0 Å². The molecule has 0 bridgehead atoms. The van der Waals surface area contributed by atoms with Crippen LogP contribution in [0.4, 0.5) is 4.39 Å². The summed E-state index contributed by atoms with van der Waals surface area (Å²) in [4.78, 5) is 1.95. The minimum absolute atomic E-state index is 0.130. The minimum atomic E-state index is -0.167. The van der Waals surface area contributed by atoms with Crippen LogP contribution in [0.25, 0.3) is 0 Å². The molecule has 14 heavy (non-hydrogen) atoms. The van der Waals surface area contributed by atoms with Crippen molar-refractivity contribution in [2.24, 2.45) is 0 Å². The van der Waals surface area contributed by atoms with Crippen LogP contribution < -0.4 is 0 Å². The van der Waals surface area contributed by atoms with Crippen molar-refractivity contribution in [3.8, 4) is 0 Å². The molecule has 0 aliphatic carbocycles. The molecule has 0 radical (unpaired) electrons. The van der Waals surface area contributed by atoms with Crippen molar-refractivity contribution in [2.75, 3.05) is 20.2 Å². The number of aliphatic hydroxyl groups is 1. The van der Waals surface area contributed by atoms with Gasteiger partial charge in [-0.2, -0.15) is 0 Å².